The number of rotatable bonds is 7. The minimum atomic E-state index is -1.29. The molecule has 22 heavy (non-hydrogen) atoms. The molecule has 0 aliphatic carbocycles. The van der Waals surface area contributed by atoms with Crippen LogP contribution >= 0.6 is 0 Å². The Balaban J connectivity index is 1.87. The van der Waals surface area contributed by atoms with Gasteiger partial charge < -0.3 is 9.73 Å². The van der Waals surface area contributed by atoms with Crippen LogP contribution < -0.4 is 5.32 Å². The number of hydrogen-bond acceptors (Lipinski definition) is 4. The molecule has 0 fully saturated rings. The number of nitrogens with zero attached hydrogens (tertiary/aromatic N) is 1. The summed E-state index contributed by atoms with van der Waals surface area (Å²) in [7, 11) is -1.29. The van der Waals surface area contributed by atoms with Gasteiger partial charge in [-0.2, -0.15) is 0 Å². The summed E-state index contributed by atoms with van der Waals surface area (Å²) >= 11 is 0. The molecule has 1 N–H and O–H groups in total. The maximum Gasteiger partial charge on any atom is 0.232 e. The lowest BCUT2D eigenvalue weighted by Crippen LogP contribution is -2.31. The molecule has 0 spiro atoms. The lowest BCUT2D eigenvalue weighted by atomic mass is 10.2. The highest BCUT2D eigenvalue weighted by Gasteiger charge is 2.12. The first kappa shape index (κ1) is 16.4. The molecule has 118 valence electrons. The molecule has 2 aromatic rings. The monoisotopic (exact) mass is 320 g/mol. The molecule has 0 bridgehead atoms. The zero-order valence-electron chi connectivity index (χ0n) is 12.7. The summed E-state index contributed by atoms with van der Waals surface area (Å²) in [5.74, 6) is 0.878. The van der Waals surface area contributed by atoms with Gasteiger partial charge in [-0.05, 0) is 18.1 Å². The molecule has 0 saturated heterocycles. The first-order valence-corrected chi connectivity index (χ1v) is 8.65. The molecular weight excluding hydrogens is 300 g/mol. The Bertz CT molecular complexity index is 638. The highest BCUT2D eigenvalue weighted by molar-refractivity contribution is 7.84. The van der Waals surface area contributed by atoms with Crippen LogP contribution in [0, 0.1) is 5.92 Å². The third kappa shape index (κ3) is 5.11. The molecule has 2 rings (SSSR count). The Morgan fingerprint density at radius 3 is 2.73 bits per heavy atom. The molecule has 1 amide bonds. The van der Waals surface area contributed by atoms with E-state index in [0.717, 1.165) is 5.56 Å². The van der Waals surface area contributed by atoms with Gasteiger partial charge in [-0.3, -0.25) is 9.00 Å². The van der Waals surface area contributed by atoms with Crippen LogP contribution in [0.2, 0.25) is 0 Å². The van der Waals surface area contributed by atoms with Crippen molar-refractivity contribution in [3.05, 3.63) is 42.3 Å². The van der Waals surface area contributed by atoms with E-state index in [1.165, 1.54) is 6.26 Å². The van der Waals surface area contributed by atoms with E-state index in [1.807, 2.05) is 44.2 Å². The number of benzene rings is 1. The fourth-order valence-corrected chi connectivity index (χ4v) is 2.78. The fourth-order valence-electron chi connectivity index (χ4n) is 1.82. The molecule has 1 aromatic heterocycles. The van der Waals surface area contributed by atoms with Crippen molar-refractivity contribution in [3.63, 3.8) is 0 Å². The van der Waals surface area contributed by atoms with Gasteiger partial charge in [0.25, 0.3) is 0 Å². The third-order valence-corrected chi connectivity index (χ3v) is 4.08. The second-order valence-electron chi connectivity index (χ2n) is 5.44. The first-order valence-electron chi connectivity index (χ1n) is 7.16. The second-order valence-corrected chi connectivity index (χ2v) is 6.89. The van der Waals surface area contributed by atoms with E-state index in [0.29, 0.717) is 24.0 Å². The Kier molecular flexibility index (Phi) is 5.89. The lowest BCUT2D eigenvalue weighted by Gasteiger charge is -2.06. The Hall–Kier alpha value is -1.95. The van der Waals surface area contributed by atoms with Crippen LogP contribution in [0.4, 0.5) is 0 Å². The molecule has 0 aliphatic rings. The van der Waals surface area contributed by atoms with E-state index in [-0.39, 0.29) is 17.4 Å². The largest absolute Gasteiger partial charge is 0.444 e. The van der Waals surface area contributed by atoms with Gasteiger partial charge in [0, 0.05) is 22.9 Å². The average molecular weight is 320 g/mol. The summed E-state index contributed by atoms with van der Waals surface area (Å²) < 4.78 is 17.4. The van der Waals surface area contributed by atoms with Crippen molar-refractivity contribution in [2.75, 3.05) is 12.3 Å². The number of oxazole rings is 1. The quantitative estimate of drug-likeness (QED) is 0.850. The normalized spacial score (nSPS) is 12.3. The molecule has 0 radical (unpaired) electrons. The van der Waals surface area contributed by atoms with Crippen LogP contribution in [0.25, 0.3) is 11.5 Å². The standard InChI is InChI=1S/C16H20N2O3S/c1-12(2)8-17-15(19)11-22(20)10-14-9-21-16(18-14)13-6-4-3-5-7-13/h3-7,9,12H,8,10-11H2,1-2H3,(H,17,19)/t22-/m0/s1. The van der Waals surface area contributed by atoms with E-state index in [4.69, 9.17) is 4.42 Å². The zero-order chi connectivity index (χ0) is 15.9. The van der Waals surface area contributed by atoms with Crippen LogP contribution in [0.3, 0.4) is 0 Å². The van der Waals surface area contributed by atoms with Gasteiger partial charge in [-0.1, -0.05) is 32.0 Å². The zero-order valence-corrected chi connectivity index (χ0v) is 13.6. The number of hydrogen-bond donors (Lipinski definition) is 1. The molecule has 0 unspecified atom stereocenters. The first-order chi connectivity index (χ1) is 10.5. The number of carbonyl (C=O) groups is 1. The molecule has 1 atom stereocenters. The summed E-state index contributed by atoms with van der Waals surface area (Å²) in [4.78, 5) is 15.9. The van der Waals surface area contributed by atoms with Gasteiger partial charge in [0.1, 0.15) is 12.0 Å². The fraction of sp³-hybridized carbons (Fsp3) is 0.375. The Morgan fingerprint density at radius 1 is 1.32 bits per heavy atom. The third-order valence-electron chi connectivity index (χ3n) is 2.88. The van der Waals surface area contributed by atoms with Gasteiger partial charge in [0.15, 0.2) is 0 Å². The van der Waals surface area contributed by atoms with Crippen LogP contribution in [0.5, 0.6) is 0 Å². The average Bonchev–Trinajstić information content (AvgIpc) is 2.94. The van der Waals surface area contributed by atoms with Gasteiger partial charge >= 0.3 is 0 Å². The van der Waals surface area contributed by atoms with E-state index >= 15 is 0 Å². The van der Waals surface area contributed by atoms with Crippen molar-refractivity contribution in [3.8, 4) is 11.5 Å². The molecule has 1 aromatic carbocycles. The van der Waals surface area contributed by atoms with Crippen molar-refractivity contribution in [1.29, 1.82) is 0 Å². The van der Waals surface area contributed by atoms with Crippen LogP contribution in [0.1, 0.15) is 19.5 Å². The van der Waals surface area contributed by atoms with Gasteiger partial charge in [-0.15, -0.1) is 0 Å². The molecule has 5 nitrogen and oxygen atoms in total. The number of carbonyl (C=O) groups excluding carboxylic acids is 1. The summed E-state index contributed by atoms with van der Waals surface area (Å²) in [6.07, 6.45) is 1.49. The van der Waals surface area contributed by atoms with Crippen LogP contribution in [0.15, 0.2) is 41.0 Å². The predicted octanol–water partition coefficient (Wildman–Crippen LogP) is 2.36. The van der Waals surface area contributed by atoms with E-state index < -0.39 is 10.8 Å². The molecule has 0 saturated carbocycles. The van der Waals surface area contributed by atoms with E-state index in [2.05, 4.69) is 10.3 Å². The van der Waals surface area contributed by atoms with E-state index in [1.54, 1.807) is 0 Å². The highest BCUT2D eigenvalue weighted by atomic mass is 32.2. The Morgan fingerprint density at radius 2 is 2.05 bits per heavy atom. The van der Waals surface area contributed by atoms with E-state index in [9.17, 15) is 9.00 Å². The topological polar surface area (TPSA) is 72.2 Å². The van der Waals surface area contributed by atoms with Gasteiger partial charge in [0.05, 0.1) is 11.4 Å². The van der Waals surface area contributed by atoms with Crippen molar-refractivity contribution in [2.24, 2.45) is 5.92 Å². The maximum atomic E-state index is 12.0. The SMILES string of the molecule is CC(C)CNC(=O)C[S@@](=O)Cc1coc(-c2ccccc2)n1. The molecule has 6 heteroatoms. The molecule has 1 heterocycles. The van der Waals surface area contributed by atoms with Crippen molar-refractivity contribution < 1.29 is 13.4 Å². The highest BCUT2D eigenvalue weighted by Crippen LogP contribution is 2.18. The Labute approximate surface area is 132 Å². The molecular formula is C16H20N2O3S. The van der Waals surface area contributed by atoms with Crippen molar-refractivity contribution >= 4 is 16.7 Å². The van der Waals surface area contributed by atoms with Crippen molar-refractivity contribution in [2.45, 2.75) is 19.6 Å². The van der Waals surface area contributed by atoms with Crippen molar-refractivity contribution in [1.82, 2.24) is 10.3 Å². The van der Waals surface area contributed by atoms with Crippen LogP contribution in [-0.4, -0.2) is 27.4 Å². The summed E-state index contributed by atoms with van der Waals surface area (Å²) in [5, 5.41) is 2.75. The smallest absolute Gasteiger partial charge is 0.232 e. The maximum absolute atomic E-state index is 12.0. The van der Waals surface area contributed by atoms with Crippen LogP contribution in [-0.2, 0) is 21.3 Å². The molecule has 0 aliphatic heterocycles. The summed E-state index contributed by atoms with van der Waals surface area (Å²) in [6.45, 7) is 4.62. The second kappa shape index (κ2) is 7.89. The number of nitrogens with one attached hydrogen (secondary N) is 1. The number of amides is 1. The number of aromatic nitrogens is 1. The minimum absolute atomic E-state index is 0.0136. The minimum Gasteiger partial charge on any atom is -0.444 e. The summed E-state index contributed by atoms with van der Waals surface area (Å²) in [5.41, 5.74) is 1.46. The summed E-state index contributed by atoms with van der Waals surface area (Å²) in [6, 6.07) is 9.50. The van der Waals surface area contributed by atoms with Gasteiger partial charge in [0.2, 0.25) is 11.8 Å². The predicted molar refractivity (Wildman–Crippen MR) is 86.5 cm³/mol. The lowest BCUT2D eigenvalue weighted by molar-refractivity contribution is -0.118. The van der Waals surface area contributed by atoms with Gasteiger partial charge in [-0.25, -0.2) is 4.98 Å².